The van der Waals surface area contributed by atoms with Crippen molar-refractivity contribution in [2.75, 3.05) is 25.1 Å². The molecule has 0 atom stereocenters. The molecule has 1 aromatic rings. The van der Waals surface area contributed by atoms with Crippen molar-refractivity contribution in [1.29, 1.82) is 0 Å². The van der Waals surface area contributed by atoms with E-state index in [1.54, 1.807) is 13.2 Å². The molecule has 0 aliphatic heterocycles. The highest BCUT2D eigenvalue weighted by atomic mass is 16.5. The molecule has 0 aliphatic carbocycles. The maximum atomic E-state index is 5.55. The van der Waals surface area contributed by atoms with Crippen LogP contribution in [0.1, 0.15) is 13.8 Å². The quantitative estimate of drug-likeness (QED) is 0.773. The van der Waals surface area contributed by atoms with Crippen LogP contribution in [0.3, 0.4) is 0 Å². The summed E-state index contributed by atoms with van der Waals surface area (Å²) in [5.74, 6) is 1.35. The third kappa shape index (κ3) is 3.06. The van der Waals surface area contributed by atoms with Crippen molar-refractivity contribution in [3.63, 3.8) is 0 Å². The van der Waals surface area contributed by atoms with Gasteiger partial charge in [0.25, 0.3) is 0 Å². The van der Waals surface area contributed by atoms with Gasteiger partial charge in [-0.25, -0.2) is 0 Å². The average molecular weight is 210 g/mol. The maximum Gasteiger partial charge on any atom is 0.233 e. The van der Waals surface area contributed by atoms with Crippen molar-refractivity contribution in [2.45, 2.75) is 19.9 Å². The van der Waals surface area contributed by atoms with E-state index in [0.717, 1.165) is 12.4 Å². The highest BCUT2D eigenvalue weighted by molar-refractivity contribution is 5.39. The summed E-state index contributed by atoms with van der Waals surface area (Å²) in [5, 5.41) is 8.01. The van der Waals surface area contributed by atoms with Gasteiger partial charge in [-0.2, -0.15) is 0 Å². The lowest BCUT2D eigenvalue weighted by atomic mass is 10.3. The Labute approximate surface area is 90.2 Å². The predicted molar refractivity (Wildman–Crippen MR) is 60.1 cm³/mol. The molecule has 0 aliphatic rings. The van der Waals surface area contributed by atoms with Crippen molar-refractivity contribution in [3.05, 3.63) is 12.1 Å². The number of hydrogen-bond donors (Lipinski definition) is 1. The summed E-state index contributed by atoms with van der Waals surface area (Å²) in [6, 6.07) is 4.05. The van der Waals surface area contributed by atoms with E-state index in [2.05, 4.69) is 28.9 Å². The Balaban J connectivity index is 2.81. The second-order valence-electron chi connectivity index (χ2n) is 3.51. The number of rotatable bonds is 5. The highest BCUT2D eigenvalue weighted by Crippen LogP contribution is 2.14. The first-order chi connectivity index (χ1) is 7.19. The molecule has 0 bridgehead atoms. The van der Waals surface area contributed by atoms with E-state index in [9.17, 15) is 0 Å². The second-order valence-corrected chi connectivity index (χ2v) is 3.51. The molecule has 0 saturated carbocycles. The minimum atomic E-state index is 0.358. The normalized spacial score (nSPS) is 10.5. The van der Waals surface area contributed by atoms with E-state index in [1.165, 1.54) is 0 Å². The number of nitrogens with two attached hydrogens (primary N) is 1. The van der Waals surface area contributed by atoms with Crippen LogP contribution in [-0.2, 0) is 0 Å². The Kier molecular flexibility index (Phi) is 4.30. The van der Waals surface area contributed by atoms with Gasteiger partial charge < -0.3 is 15.4 Å². The van der Waals surface area contributed by atoms with Gasteiger partial charge in [0, 0.05) is 25.2 Å². The molecule has 1 rings (SSSR count). The number of nitrogens with zero attached hydrogens (tertiary/aromatic N) is 3. The Morgan fingerprint density at radius 3 is 2.53 bits per heavy atom. The molecule has 0 radical (unpaired) electrons. The summed E-state index contributed by atoms with van der Waals surface area (Å²) in [6.07, 6.45) is 0. The van der Waals surface area contributed by atoms with Gasteiger partial charge in [0.1, 0.15) is 0 Å². The zero-order valence-corrected chi connectivity index (χ0v) is 9.47. The second kappa shape index (κ2) is 5.50. The largest absolute Gasteiger partial charge is 0.480 e. The fourth-order valence-corrected chi connectivity index (χ4v) is 1.35. The summed E-state index contributed by atoms with van der Waals surface area (Å²) < 4.78 is 4.95. The molecule has 5 nitrogen and oxygen atoms in total. The van der Waals surface area contributed by atoms with Crippen LogP contribution in [0.2, 0.25) is 0 Å². The summed E-state index contributed by atoms with van der Waals surface area (Å²) in [6.45, 7) is 5.58. The molecule has 0 fully saturated rings. The predicted octanol–water partition coefficient (Wildman–Crippen LogP) is 0.659. The lowest BCUT2D eigenvalue weighted by Crippen LogP contribution is -2.36. The van der Waals surface area contributed by atoms with Crippen molar-refractivity contribution in [3.8, 4) is 5.88 Å². The van der Waals surface area contributed by atoms with E-state index in [1.807, 2.05) is 6.07 Å². The summed E-state index contributed by atoms with van der Waals surface area (Å²) in [4.78, 5) is 2.10. The SMILES string of the molecule is COc1ccc(N(CCN)C(C)C)nn1. The smallest absolute Gasteiger partial charge is 0.233 e. The minimum absolute atomic E-state index is 0.358. The van der Waals surface area contributed by atoms with Crippen LogP contribution in [0, 0.1) is 0 Å². The summed E-state index contributed by atoms with van der Waals surface area (Å²) >= 11 is 0. The fourth-order valence-electron chi connectivity index (χ4n) is 1.35. The van der Waals surface area contributed by atoms with Crippen LogP contribution in [0.15, 0.2) is 12.1 Å². The summed E-state index contributed by atoms with van der Waals surface area (Å²) in [7, 11) is 1.57. The van der Waals surface area contributed by atoms with Gasteiger partial charge in [-0.15, -0.1) is 10.2 Å². The van der Waals surface area contributed by atoms with Crippen LogP contribution in [0.4, 0.5) is 5.82 Å². The third-order valence-electron chi connectivity index (χ3n) is 2.12. The molecule has 0 saturated heterocycles. The number of methoxy groups -OCH3 is 1. The van der Waals surface area contributed by atoms with E-state index in [4.69, 9.17) is 10.5 Å². The van der Waals surface area contributed by atoms with Crippen molar-refractivity contribution in [2.24, 2.45) is 5.73 Å². The van der Waals surface area contributed by atoms with Crippen LogP contribution < -0.4 is 15.4 Å². The first kappa shape index (κ1) is 11.7. The molecule has 84 valence electrons. The van der Waals surface area contributed by atoms with Crippen LogP contribution in [0.5, 0.6) is 5.88 Å². The molecule has 0 spiro atoms. The zero-order chi connectivity index (χ0) is 11.3. The Morgan fingerprint density at radius 1 is 1.40 bits per heavy atom. The zero-order valence-electron chi connectivity index (χ0n) is 9.47. The van der Waals surface area contributed by atoms with Crippen molar-refractivity contribution < 1.29 is 4.74 Å². The highest BCUT2D eigenvalue weighted by Gasteiger charge is 2.11. The lowest BCUT2D eigenvalue weighted by Gasteiger charge is -2.26. The third-order valence-corrected chi connectivity index (χ3v) is 2.12. The summed E-state index contributed by atoms with van der Waals surface area (Å²) in [5.41, 5.74) is 5.55. The number of anilines is 1. The Morgan fingerprint density at radius 2 is 2.13 bits per heavy atom. The Bertz CT molecular complexity index is 286. The average Bonchev–Trinajstić information content (AvgIpc) is 2.26. The number of ether oxygens (including phenoxy) is 1. The molecule has 1 heterocycles. The molecule has 0 aromatic carbocycles. The van der Waals surface area contributed by atoms with Gasteiger partial charge in [-0.05, 0) is 19.9 Å². The van der Waals surface area contributed by atoms with E-state index in [-0.39, 0.29) is 0 Å². The molecular formula is C10H18N4O. The fraction of sp³-hybridized carbons (Fsp3) is 0.600. The first-order valence-electron chi connectivity index (χ1n) is 5.03. The van der Waals surface area contributed by atoms with Gasteiger partial charge in [0.05, 0.1) is 7.11 Å². The molecule has 0 unspecified atom stereocenters. The molecular weight excluding hydrogens is 192 g/mol. The molecule has 1 aromatic heterocycles. The van der Waals surface area contributed by atoms with Gasteiger partial charge in [0.2, 0.25) is 5.88 Å². The minimum Gasteiger partial charge on any atom is -0.480 e. The first-order valence-corrected chi connectivity index (χ1v) is 5.03. The van der Waals surface area contributed by atoms with Crippen LogP contribution in [-0.4, -0.2) is 36.4 Å². The van der Waals surface area contributed by atoms with E-state index in [0.29, 0.717) is 18.5 Å². The van der Waals surface area contributed by atoms with Crippen LogP contribution >= 0.6 is 0 Å². The topological polar surface area (TPSA) is 64.3 Å². The Hall–Kier alpha value is -1.36. The molecule has 15 heavy (non-hydrogen) atoms. The van der Waals surface area contributed by atoms with Gasteiger partial charge in [-0.1, -0.05) is 0 Å². The van der Waals surface area contributed by atoms with Gasteiger partial charge in [-0.3, -0.25) is 0 Å². The van der Waals surface area contributed by atoms with E-state index < -0.39 is 0 Å². The number of hydrogen-bond acceptors (Lipinski definition) is 5. The molecule has 0 amide bonds. The van der Waals surface area contributed by atoms with E-state index >= 15 is 0 Å². The number of aromatic nitrogens is 2. The van der Waals surface area contributed by atoms with Crippen molar-refractivity contribution >= 4 is 5.82 Å². The lowest BCUT2D eigenvalue weighted by molar-refractivity contribution is 0.391. The standard InChI is InChI=1S/C10H18N4O/c1-8(2)14(7-6-11)9-4-5-10(15-3)13-12-9/h4-5,8H,6-7,11H2,1-3H3. The molecule has 5 heteroatoms. The maximum absolute atomic E-state index is 5.55. The van der Waals surface area contributed by atoms with Crippen LogP contribution in [0.25, 0.3) is 0 Å². The molecule has 2 N–H and O–H groups in total. The van der Waals surface area contributed by atoms with Crippen molar-refractivity contribution in [1.82, 2.24) is 10.2 Å². The van der Waals surface area contributed by atoms with Gasteiger partial charge >= 0.3 is 0 Å². The van der Waals surface area contributed by atoms with Gasteiger partial charge in [0.15, 0.2) is 5.82 Å². The monoisotopic (exact) mass is 210 g/mol.